The highest BCUT2D eigenvalue weighted by Gasteiger charge is 2.13. The van der Waals surface area contributed by atoms with E-state index >= 15 is 0 Å². The van der Waals surface area contributed by atoms with Crippen molar-refractivity contribution in [1.29, 1.82) is 0 Å². The summed E-state index contributed by atoms with van der Waals surface area (Å²) in [6, 6.07) is 9.28. The summed E-state index contributed by atoms with van der Waals surface area (Å²) in [5.74, 6) is 0.688. The summed E-state index contributed by atoms with van der Waals surface area (Å²) >= 11 is 0. The van der Waals surface area contributed by atoms with Gasteiger partial charge in [0.25, 0.3) is 5.91 Å². The van der Waals surface area contributed by atoms with Gasteiger partial charge in [0, 0.05) is 30.4 Å². The van der Waals surface area contributed by atoms with Gasteiger partial charge in [0.05, 0.1) is 30.5 Å². The first-order valence-corrected chi connectivity index (χ1v) is 7.83. The number of aromatic nitrogens is 3. The molecule has 1 aliphatic rings. The van der Waals surface area contributed by atoms with Gasteiger partial charge < -0.3 is 15.0 Å². The number of morpholine rings is 1. The Labute approximate surface area is 138 Å². The fourth-order valence-corrected chi connectivity index (χ4v) is 2.72. The Balaban J connectivity index is 1.47. The Kier molecular flexibility index (Phi) is 3.84. The molecule has 4 rings (SSSR count). The van der Waals surface area contributed by atoms with Gasteiger partial charge >= 0.3 is 0 Å². The minimum absolute atomic E-state index is 0.182. The molecule has 122 valence electrons. The van der Waals surface area contributed by atoms with Crippen molar-refractivity contribution in [3.05, 3.63) is 48.3 Å². The first-order valence-electron chi connectivity index (χ1n) is 7.83. The number of aromatic amines is 1. The van der Waals surface area contributed by atoms with Crippen molar-refractivity contribution in [2.45, 2.75) is 0 Å². The molecule has 0 atom stereocenters. The maximum Gasteiger partial charge on any atom is 0.257 e. The average Bonchev–Trinajstić information content (AvgIpc) is 3.10. The van der Waals surface area contributed by atoms with E-state index in [0.29, 0.717) is 18.8 Å². The summed E-state index contributed by atoms with van der Waals surface area (Å²) in [7, 11) is 0. The topological polar surface area (TPSA) is 83.1 Å². The van der Waals surface area contributed by atoms with Gasteiger partial charge in [-0.1, -0.05) is 0 Å². The SMILES string of the molecule is O=C(Nc1ccc2[nH]ncc2c1)c1ccc(N2CCOCC2)nc1. The molecule has 0 spiro atoms. The van der Waals surface area contributed by atoms with Gasteiger partial charge in [-0.15, -0.1) is 0 Å². The molecular weight excluding hydrogens is 306 g/mol. The Bertz CT molecular complexity index is 853. The predicted octanol–water partition coefficient (Wildman–Crippen LogP) is 2.05. The third-order valence-corrected chi connectivity index (χ3v) is 4.04. The van der Waals surface area contributed by atoms with E-state index < -0.39 is 0 Å². The molecule has 3 heterocycles. The zero-order chi connectivity index (χ0) is 16.4. The van der Waals surface area contributed by atoms with E-state index in [1.165, 1.54) is 0 Å². The molecule has 0 unspecified atom stereocenters. The number of carbonyl (C=O) groups is 1. The zero-order valence-electron chi connectivity index (χ0n) is 13.0. The second kappa shape index (κ2) is 6.29. The van der Waals surface area contributed by atoms with Gasteiger partial charge in [0.2, 0.25) is 0 Å². The second-order valence-electron chi connectivity index (χ2n) is 5.63. The molecule has 0 saturated carbocycles. The number of amides is 1. The molecule has 3 aromatic rings. The standard InChI is InChI=1S/C17H17N5O2/c23-17(20-14-2-3-15-13(9-14)11-19-21-15)12-1-4-16(18-10-12)22-5-7-24-8-6-22/h1-4,9-11H,5-8H2,(H,19,21)(H,20,23). The summed E-state index contributed by atoms with van der Waals surface area (Å²) in [5, 5.41) is 10.7. The number of hydrogen-bond donors (Lipinski definition) is 2. The largest absolute Gasteiger partial charge is 0.378 e. The quantitative estimate of drug-likeness (QED) is 0.771. The molecule has 2 N–H and O–H groups in total. The van der Waals surface area contributed by atoms with Crippen molar-refractivity contribution in [1.82, 2.24) is 15.2 Å². The van der Waals surface area contributed by atoms with Crippen LogP contribution in [-0.2, 0) is 4.74 Å². The van der Waals surface area contributed by atoms with Crippen LogP contribution in [0.4, 0.5) is 11.5 Å². The van der Waals surface area contributed by atoms with Crippen molar-refractivity contribution in [3.63, 3.8) is 0 Å². The molecule has 1 saturated heterocycles. The summed E-state index contributed by atoms with van der Waals surface area (Å²) in [6.07, 6.45) is 3.33. The van der Waals surface area contributed by atoms with Gasteiger partial charge in [-0.25, -0.2) is 4.98 Å². The highest BCUT2D eigenvalue weighted by atomic mass is 16.5. The van der Waals surface area contributed by atoms with E-state index in [9.17, 15) is 4.79 Å². The highest BCUT2D eigenvalue weighted by Crippen LogP contribution is 2.18. The molecule has 7 nitrogen and oxygen atoms in total. The number of ether oxygens (including phenoxy) is 1. The minimum atomic E-state index is -0.182. The van der Waals surface area contributed by atoms with Crippen LogP contribution in [0.15, 0.2) is 42.7 Å². The highest BCUT2D eigenvalue weighted by molar-refractivity contribution is 6.05. The number of H-pyrrole nitrogens is 1. The number of anilines is 2. The lowest BCUT2D eigenvalue weighted by Gasteiger charge is -2.27. The minimum Gasteiger partial charge on any atom is -0.378 e. The molecule has 1 amide bonds. The summed E-state index contributed by atoms with van der Waals surface area (Å²) in [5.41, 5.74) is 2.19. The third kappa shape index (κ3) is 2.93. The summed E-state index contributed by atoms with van der Waals surface area (Å²) in [6.45, 7) is 3.06. The van der Waals surface area contributed by atoms with Crippen LogP contribution < -0.4 is 10.2 Å². The number of carbonyl (C=O) groups excluding carboxylic acids is 1. The molecular formula is C17H17N5O2. The fourth-order valence-electron chi connectivity index (χ4n) is 2.72. The van der Waals surface area contributed by atoms with E-state index in [4.69, 9.17) is 4.74 Å². The predicted molar refractivity (Wildman–Crippen MR) is 91.3 cm³/mol. The lowest BCUT2D eigenvalue weighted by molar-refractivity contribution is 0.102. The molecule has 1 fully saturated rings. The van der Waals surface area contributed by atoms with Gasteiger partial charge in [-0.3, -0.25) is 9.89 Å². The number of rotatable bonds is 3. The molecule has 0 radical (unpaired) electrons. The van der Waals surface area contributed by atoms with Crippen molar-refractivity contribution in [3.8, 4) is 0 Å². The number of hydrogen-bond acceptors (Lipinski definition) is 5. The van der Waals surface area contributed by atoms with E-state index in [1.807, 2.05) is 24.3 Å². The zero-order valence-corrected chi connectivity index (χ0v) is 13.0. The molecule has 1 aliphatic heterocycles. The van der Waals surface area contributed by atoms with Crippen LogP contribution in [-0.4, -0.2) is 47.4 Å². The van der Waals surface area contributed by atoms with Crippen LogP contribution in [0.25, 0.3) is 10.9 Å². The summed E-state index contributed by atoms with van der Waals surface area (Å²) in [4.78, 5) is 18.9. The molecule has 1 aromatic carbocycles. The normalized spacial score (nSPS) is 14.8. The third-order valence-electron chi connectivity index (χ3n) is 4.04. The van der Waals surface area contributed by atoms with Crippen LogP contribution in [0.1, 0.15) is 10.4 Å². The number of benzene rings is 1. The maximum atomic E-state index is 12.4. The molecule has 0 aliphatic carbocycles. The lowest BCUT2D eigenvalue weighted by atomic mass is 10.2. The molecule has 2 aromatic heterocycles. The van der Waals surface area contributed by atoms with Gasteiger partial charge in [0.1, 0.15) is 5.82 Å². The number of nitrogens with zero attached hydrogens (tertiary/aromatic N) is 3. The smallest absolute Gasteiger partial charge is 0.257 e. The molecule has 7 heteroatoms. The van der Waals surface area contributed by atoms with Crippen molar-refractivity contribution >= 4 is 28.3 Å². The van der Waals surface area contributed by atoms with Crippen LogP contribution in [0.2, 0.25) is 0 Å². The Morgan fingerprint density at radius 2 is 2.04 bits per heavy atom. The monoisotopic (exact) mass is 323 g/mol. The summed E-state index contributed by atoms with van der Waals surface area (Å²) < 4.78 is 5.33. The molecule has 24 heavy (non-hydrogen) atoms. The van der Waals surface area contributed by atoms with E-state index in [1.54, 1.807) is 18.5 Å². The van der Waals surface area contributed by atoms with Gasteiger partial charge in [0.15, 0.2) is 0 Å². The van der Waals surface area contributed by atoms with Gasteiger partial charge in [-0.05, 0) is 30.3 Å². The average molecular weight is 323 g/mol. The lowest BCUT2D eigenvalue weighted by Crippen LogP contribution is -2.36. The van der Waals surface area contributed by atoms with E-state index in [2.05, 4.69) is 25.4 Å². The van der Waals surface area contributed by atoms with Crippen molar-refractivity contribution in [2.24, 2.45) is 0 Å². The van der Waals surface area contributed by atoms with Crippen LogP contribution >= 0.6 is 0 Å². The first-order chi connectivity index (χ1) is 11.8. The Morgan fingerprint density at radius 3 is 2.83 bits per heavy atom. The Morgan fingerprint density at radius 1 is 1.17 bits per heavy atom. The fraction of sp³-hybridized carbons (Fsp3) is 0.235. The number of fused-ring (bicyclic) bond motifs is 1. The van der Waals surface area contributed by atoms with Crippen molar-refractivity contribution < 1.29 is 9.53 Å². The van der Waals surface area contributed by atoms with Crippen LogP contribution in [0.5, 0.6) is 0 Å². The van der Waals surface area contributed by atoms with Gasteiger partial charge in [-0.2, -0.15) is 5.10 Å². The number of nitrogens with one attached hydrogen (secondary N) is 2. The Hall–Kier alpha value is -2.93. The second-order valence-corrected chi connectivity index (χ2v) is 5.63. The van der Waals surface area contributed by atoms with Crippen LogP contribution in [0, 0.1) is 0 Å². The van der Waals surface area contributed by atoms with E-state index in [-0.39, 0.29) is 5.91 Å². The first kappa shape index (κ1) is 14.6. The van der Waals surface area contributed by atoms with E-state index in [0.717, 1.165) is 35.5 Å². The maximum absolute atomic E-state index is 12.4. The molecule has 0 bridgehead atoms. The van der Waals surface area contributed by atoms with Crippen molar-refractivity contribution in [2.75, 3.05) is 36.5 Å². The number of pyridine rings is 1. The van der Waals surface area contributed by atoms with Crippen LogP contribution in [0.3, 0.4) is 0 Å².